The van der Waals surface area contributed by atoms with Gasteiger partial charge in [-0.05, 0) is 46.9 Å². The number of fused-ring (bicyclic) bond motifs is 1. The molecule has 0 bridgehead atoms. The van der Waals surface area contributed by atoms with Gasteiger partial charge in [0.15, 0.2) is 0 Å². The third-order valence-corrected chi connectivity index (χ3v) is 6.85. The van der Waals surface area contributed by atoms with Gasteiger partial charge >= 0.3 is 5.97 Å². The van der Waals surface area contributed by atoms with Crippen molar-refractivity contribution in [3.8, 4) is 5.75 Å². The lowest BCUT2D eigenvalue weighted by atomic mass is 10.1. The Morgan fingerprint density at radius 1 is 1.00 bits per heavy atom. The van der Waals surface area contributed by atoms with Gasteiger partial charge in [0, 0.05) is 17.6 Å². The van der Waals surface area contributed by atoms with E-state index in [2.05, 4.69) is 42.7 Å². The molecule has 0 aromatic heterocycles. The lowest BCUT2D eigenvalue weighted by molar-refractivity contribution is -0.131. The van der Waals surface area contributed by atoms with Crippen molar-refractivity contribution in [3.63, 3.8) is 0 Å². The molecule has 3 rings (SSSR count). The number of ether oxygens (including phenoxy) is 1. The summed E-state index contributed by atoms with van der Waals surface area (Å²) < 4.78 is 5.09. The molecular formula is C20H19ClO2S. The van der Waals surface area contributed by atoms with E-state index in [1.807, 2.05) is 18.2 Å². The molecule has 0 amide bonds. The molecule has 3 aromatic carbocycles. The van der Waals surface area contributed by atoms with E-state index >= 15 is 0 Å². The third-order valence-electron chi connectivity index (χ3n) is 3.88. The molecule has 1 unspecified atom stereocenters. The van der Waals surface area contributed by atoms with Crippen LogP contribution in [0.3, 0.4) is 0 Å². The van der Waals surface area contributed by atoms with Crippen molar-refractivity contribution in [2.24, 2.45) is 0 Å². The fraction of sp³-hybridized carbons (Fsp3) is 0.150. The highest BCUT2D eigenvalue weighted by Gasteiger charge is 2.19. The Balaban J connectivity index is 1.88. The molecule has 24 heavy (non-hydrogen) atoms. The Morgan fingerprint density at radius 3 is 2.38 bits per heavy atom. The predicted octanol–water partition coefficient (Wildman–Crippen LogP) is 5.91. The molecule has 0 radical (unpaired) electrons. The Morgan fingerprint density at radius 2 is 1.67 bits per heavy atom. The molecule has 0 saturated carbocycles. The number of carbonyl (C=O) groups is 1. The van der Waals surface area contributed by atoms with Crippen LogP contribution in [0.15, 0.2) is 71.6 Å². The Hall–Kier alpha value is -1.97. The maximum absolute atomic E-state index is 11.0. The van der Waals surface area contributed by atoms with E-state index in [-0.39, 0.29) is 5.97 Å². The van der Waals surface area contributed by atoms with E-state index in [0.717, 1.165) is 10.6 Å². The van der Waals surface area contributed by atoms with Gasteiger partial charge in [-0.2, -0.15) is 0 Å². The quantitative estimate of drug-likeness (QED) is 0.428. The van der Waals surface area contributed by atoms with Gasteiger partial charge in [0.05, 0.1) is 0 Å². The van der Waals surface area contributed by atoms with Gasteiger partial charge in [0.2, 0.25) is 0 Å². The standard InChI is InChI=1S/C20H19ClO2S/c1-15(22)23-18-10-12-19(13-11-18)24(2,21)14-17-8-5-7-16-6-3-4-9-20(16)17/h3-13H,14H2,1-2H3. The fourth-order valence-corrected chi connectivity index (χ4v) is 5.12. The van der Waals surface area contributed by atoms with Gasteiger partial charge in [0.1, 0.15) is 5.75 Å². The zero-order valence-electron chi connectivity index (χ0n) is 13.7. The van der Waals surface area contributed by atoms with Crippen LogP contribution in [0, 0.1) is 0 Å². The van der Waals surface area contributed by atoms with Crippen molar-refractivity contribution >= 4 is 36.7 Å². The maximum atomic E-state index is 11.0. The summed E-state index contributed by atoms with van der Waals surface area (Å²) in [6.07, 6.45) is 2.09. The Kier molecular flexibility index (Phi) is 4.83. The van der Waals surface area contributed by atoms with Crippen molar-refractivity contribution in [1.29, 1.82) is 0 Å². The summed E-state index contributed by atoms with van der Waals surface area (Å²) in [5, 5.41) is 2.47. The van der Waals surface area contributed by atoms with Gasteiger partial charge in [-0.1, -0.05) is 53.1 Å². The molecule has 0 aliphatic carbocycles. The average molecular weight is 359 g/mol. The van der Waals surface area contributed by atoms with E-state index in [1.54, 1.807) is 12.1 Å². The van der Waals surface area contributed by atoms with Crippen LogP contribution in [0.1, 0.15) is 12.5 Å². The van der Waals surface area contributed by atoms with Crippen molar-refractivity contribution in [1.82, 2.24) is 0 Å². The Labute approximate surface area is 148 Å². The first-order valence-corrected chi connectivity index (χ1v) is 10.7. The highest BCUT2D eigenvalue weighted by Crippen LogP contribution is 2.60. The molecule has 4 heteroatoms. The van der Waals surface area contributed by atoms with Crippen LogP contribution in [-0.4, -0.2) is 12.2 Å². The maximum Gasteiger partial charge on any atom is 0.308 e. The Bertz CT molecular complexity index is 867. The SMILES string of the molecule is CC(=O)Oc1ccc(S(C)(Cl)Cc2cccc3ccccc23)cc1. The largest absolute Gasteiger partial charge is 0.427 e. The summed E-state index contributed by atoms with van der Waals surface area (Å²) in [6, 6.07) is 22.2. The molecule has 0 heterocycles. The first kappa shape index (κ1) is 16.9. The lowest BCUT2D eigenvalue weighted by Crippen LogP contribution is -2.01. The van der Waals surface area contributed by atoms with Gasteiger partial charge in [-0.15, -0.1) is 9.24 Å². The van der Waals surface area contributed by atoms with Crippen LogP contribution in [0.25, 0.3) is 10.8 Å². The molecular weight excluding hydrogens is 340 g/mol. The van der Waals surface area contributed by atoms with Gasteiger partial charge in [0.25, 0.3) is 0 Å². The summed E-state index contributed by atoms with van der Waals surface area (Å²) in [5.41, 5.74) is 1.25. The lowest BCUT2D eigenvalue weighted by Gasteiger charge is -2.29. The van der Waals surface area contributed by atoms with E-state index in [4.69, 9.17) is 15.4 Å². The third kappa shape index (κ3) is 3.74. The highest BCUT2D eigenvalue weighted by atomic mass is 35.7. The summed E-state index contributed by atoms with van der Waals surface area (Å²) in [6.45, 7) is 1.39. The number of carbonyl (C=O) groups excluding carboxylic acids is 1. The van der Waals surface area contributed by atoms with Crippen LogP contribution in [0.2, 0.25) is 0 Å². The average Bonchev–Trinajstić information content (AvgIpc) is 2.55. The number of rotatable bonds is 4. The monoisotopic (exact) mass is 358 g/mol. The van der Waals surface area contributed by atoms with Gasteiger partial charge in [-0.3, -0.25) is 4.79 Å². The molecule has 124 valence electrons. The number of esters is 1. The molecule has 0 spiro atoms. The predicted molar refractivity (Wildman–Crippen MR) is 103 cm³/mol. The van der Waals surface area contributed by atoms with Crippen LogP contribution < -0.4 is 4.74 Å². The van der Waals surface area contributed by atoms with E-state index in [9.17, 15) is 4.79 Å². The summed E-state index contributed by atoms with van der Waals surface area (Å²) in [7, 11) is 5.41. The van der Waals surface area contributed by atoms with Gasteiger partial charge in [-0.25, -0.2) is 0 Å². The van der Waals surface area contributed by atoms with Crippen molar-refractivity contribution in [3.05, 3.63) is 72.3 Å². The summed E-state index contributed by atoms with van der Waals surface area (Å²) in [5.74, 6) is 1.02. The van der Waals surface area contributed by atoms with E-state index in [0.29, 0.717) is 5.75 Å². The summed E-state index contributed by atoms with van der Waals surface area (Å²) in [4.78, 5) is 12.1. The second kappa shape index (κ2) is 6.88. The summed E-state index contributed by atoms with van der Waals surface area (Å²) >= 11 is 0. The molecule has 2 nitrogen and oxygen atoms in total. The number of hydrogen-bond acceptors (Lipinski definition) is 2. The second-order valence-corrected chi connectivity index (χ2v) is 10.6. The highest BCUT2D eigenvalue weighted by molar-refractivity contribution is 8.50. The number of benzene rings is 3. The molecule has 0 aliphatic heterocycles. The zero-order chi connectivity index (χ0) is 17.2. The van der Waals surface area contributed by atoms with Gasteiger partial charge < -0.3 is 4.74 Å². The minimum Gasteiger partial charge on any atom is -0.427 e. The van der Waals surface area contributed by atoms with Crippen molar-refractivity contribution < 1.29 is 9.53 Å². The molecule has 0 saturated heterocycles. The molecule has 1 atom stereocenters. The molecule has 0 fully saturated rings. The van der Waals surface area contributed by atoms with E-state index < -0.39 is 9.24 Å². The smallest absolute Gasteiger partial charge is 0.308 e. The molecule has 0 aliphatic rings. The van der Waals surface area contributed by atoms with Crippen LogP contribution in [-0.2, 0) is 10.5 Å². The van der Waals surface area contributed by atoms with Crippen molar-refractivity contribution in [2.45, 2.75) is 17.6 Å². The molecule has 0 N–H and O–H groups in total. The normalized spacial score (nSPS) is 14.8. The van der Waals surface area contributed by atoms with Crippen molar-refractivity contribution in [2.75, 3.05) is 6.26 Å². The van der Waals surface area contributed by atoms with Crippen LogP contribution in [0.4, 0.5) is 0 Å². The number of halogens is 1. The topological polar surface area (TPSA) is 26.3 Å². The van der Waals surface area contributed by atoms with E-state index in [1.165, 1.54) is 23.3 Å². The zero-order valence-corrected chi connectivity index (χ0v) is 15.2. The fourth-order valence-electron chi connectivity index (χ4n) is 2.75. The van der Waals surface area contributed by atoms with Crippen LogP contribution >= 0.6 is 19.9 Å². The minimum absolute atomic E-state index is 0.320. The second-order valence-electron chi connectivity index (χ2n) is 5.83. The number of hydrogen-bond donors (Lipinski definition) is 0. The van der Waals surface area contributed by atoms with Crippen LogP contribution in [0.5, 0.6) is 5.75 Å². The first-order valence-electron chi connectivity index (χ1n) is 7.66. The molecule has 3 aromatic rings. The first-order chi connectivity index (χ1) is 11.5. The minimum atomic E-state index is -1.52.